The quantitative estimate of drug-likeness (QED) is 0.433. The van der Waals surface area contributed by atoms with E-state index >= 15 is 0 Å². The zero-order chi connectivity index (χ0) is 8.15. The maximum absolute atomic E-state index is 10.5. The first kappa shape index (κ1) is 8.99. The molecular weight excluding hydrogens is 132 g/mol. The first-order chi connectivity index (χ1) is 4.57. The molecule has 56 valence electrons. The highest BCUT2D eigenvalue weighted by atomic mass is 16.6. The Kier molecular flexibility index (Phi) is 3.52. The van der Waals surface area contributed by atoms with Crippen molar-refractivity contribution in [3.63, 3.8) is 0 Å². The highest BCUT2D eigenvalue weighted by Gasteiger charge is 2.11. The summed E-state index contributed by atoms with van der Waals surface area (Å²) in [5.74, 6) is 1.51. The van der Waals surface area contributed by atoms with Gasteiger partial charge in [-0.05, 0) is 13.8 Å². The van der Waals surface area contributed by atoms with Crippen LogP contribution in [0.1, 0.15) is 13.8 Å². The summed E-state index contributed by atoms with van der Waals surface area (Å²) < 4.78 is 4.54. The average molecular weight is 142 g/mol. The normalized spacial score (nSPS) is 15.0. The molecule has 1 N–H and O–H groups in total. The largest absolute Gasteiger partial charge is 0.448 e. The number of aliphatic hydroxyl groups excluding tert-OH is 1. The number of hydrogen-bond acceptors (Lipinski definition) is 3. The number of carbonyl (C=O) groups excluding carboxylic acids is 1. The third-order valence-electron chi connectivity index (χ3n) is 0.869. The van der Waals surface area contributed by atoms with Crippen LogP contribution in [0, 0.1) is 12.3 Å². The van der Waals surface area contributed by atoms with Gasteiger partial charge in [-0.25, -0.2) is 4.79 Å². The Hall–Kier alpha value is -1.01. The van der Waals surface area contributed by atoms with Crippen molar-refractivity contribution in [2.45, 2.75) is 26.1 Å². The van der Waals surface area contributed by atoms with E-state index in [1.807, 2.05) is 0 Å². The van der Waals surface area contributed by atoms with Crippen LogP contribution in [-0.4, -0.2) is 23.3 Å². The Labute approximate surface area is 60.0 Å². The van der Waals surface area contributed by atoms with Crippen LogP contribution in [0.3, 0.4) is 0 Å². The van der Waals surface area contributed by atoms with Crippen molar-refractivity contribution in [3.05, 3.63) is 0 Å². The molecular formula is C7H10O3. The lowest BCUT2D eigenvalue weighted by Crippen LogP contribution is -2.23. The van der Waals surface area contributed by atoms with Crippen molar-refractivity contribution in [1.82, 2.24) is 0 Å². The van der Waals surface area contributed by atoms with E-state index < -0.39 is 18.2 Å². The van der Waals surface area contributed by atoms with Gasteiger partial charge in [-0.15, -0.1) is 6.42 Å². The molecule has 10 heavy (non-hydrogen) atoms. The van der Waals surface area contributed by atoms with E-state index in [4.69, 9.17) is 11.5 Å². The van der Waals surface area contributed by atoms with Gasteiger partial charge in [0.05, 0.1) is 0 Å². The predicted octanol–water partition coefficient (Wildman–Crippen LogP) is -0.0679. The van der Waals surface area contributed by atoms with Crippen LogP contribution < -0.4 is 0 Å². The third-order valence-corrected chi connectivity index (χ3v) is 0.869. The molecule has 0 aromatic heterocycles. The van der Waals surface area contributed by atoms with E-state index in [9.17, 15) is 4.79 Å². The highest BCUT2D eigenvalue weighted by molar-refractivity contribution is 5.74. The molecule has 2 atom stereocenters. The van der Waals surface area contributed by atoms with Crippen molar-refractivity contribution < 1.29 is 14.6 Å². The molecule has 0 aliphatic heterocycles. The van der Waals surface area contributed by atoms with Crippen LogP contribution in [0.4, 0.5) is 0 Å². The molecule has 2 unspecified atom stereocenters. The molecule has 0 aliphatic carbocycles. The molecule has 3 nitrogen and oxygen atoms in total. The second-order valence-electron chi connectivity index (χ2n) is 1.92. The van der Waals surface area contributed by atoms with Crippen molar-refractivity contribution in [3.8, 4) is 12.3 Å². The molecule has 0 aliphatic rings. The van der Waals surface area contributed by atoms with E-state index in [-0.39, 0.29) is 0 Å². The van der Waals surface area contributed by atoms with E-state index in [1.165, 1.54) is 6.92 Å². The van der Waals surface area contributed by atoms with Gasteiger partial charge in [0.25, 0.3) is 0 Å². The minimum Gasteiger partial charge on any atom is -0.448 e. The van der Waals surface area contributed by atoms with Crippen molar-refractivity contribution in [1.29, 1.82) is 0 Å². The minimum atomic E-state index is -1.10. The van der Waals surface area contributed by atoms with Crippen molar-refractivity contribution in [2.75, 3.05) is 0 Å². The number of esters is 1. The lowest BCUT2D eigenvalue weighted by Gasteiger charge is -2.07. The molecule has 0 heterocycles. The molecule has 0 radical (unpaired) electrons. The van der Waals surface area contributed by atoms with Gasteiger partial charge in [0.1, 0.15) is 6.10 Å². The second-order valence-corrected chi connectivity index (χ2v) is 1.92. The first-order valence-electron chi connectivity index (χ1n) is 2.92. The topological polar surface area (TPSA) is 46.5 Å². The van der Waals surface area contributed by atoms with Crippen LogP contribution in [0.5, 0.6) is 0 Å². The number of aliphatic hydroxyl groups is 1. The number of carbonyl (C=O) groups is 1. The zero-order valence-corrected chi connectivity index (χ0v) is 6.00. The van der Waals surface area contributed by atoms with Gasteiger partial charge in [-0.1, -0.05) is 5.92 Å². The summed E-state index contributed by atoms with van der Waals surface area (Å²) >= 11 is 0. The van der Waals surface area contributed by atoms with Crippen LogP contribution >= 0.6 is 0 Å². The van der Waals surface area contributed by atoms with E-state index in [0.29, 0.717) is 0 Å². The number of terminal acetylenes is 1. The SMILES string of the molecule is C#CC(C)OC(=O)C(C)O. The van der Waals surface area contributed by atoms with Crippen LogP contribution in [0.2, 0.25) is 0 Å². The molecule has 0 aromatic rings. The molecule has 0 spiro atoms. The summed E-state index contributed by atoms with van der Waals surface area (Å²) in [6, 6.07) is 0. The molecule has 0 rings (SSSR count). The fraction of sp³-hybridized carbons (Fsp3) is 0.571. The maximum atomic E-state index is 10.5. The van der Waals surface area contributed by atoms with Crippen LogP contribution in [0.15, 0.2) is 0 Å². The molecule has 0 fully saturated rings. The minimum absolute atomic E-state index is 0.568. The van der Waals surface area contributed by atoms with Crippen LogP contribution in [-0.2, 0) is 9.53 Å². The summed E-state index contributed by atoms with van der Waals surface area (Å²) in [7, 11) is 0. The Morgan fingerprint density at radius 2 is 2.20 bits per heavy atom. The van der Waals surface area contributed by atoms with Gasteiger partial charge < -0.3 is 9.84 Å². The van der Waals surface area contributed by atoms with Gasteiger partial charge in [0, 0.05) is 0 Å². The number of rotatable bonds is 2. The monoisotopic (exact) mass is 142 g/mol. The molecule has 0 saturated carbocycles. The third kappa shape index (κ3) is 3.10. The lowest BCUT2D eigenvalue weighted by molar-refractivity contribution is -0.154. The van der Waals surface area contributed by atoms with Gasteiger partial charge >= 0.3 is 5.97 Å². The summed E-state index contributed by atoms with van der Waals surface area (Å²) in [6.45, 7) is 2.88. The van der Waals surface area contributed by atoms with E-state index in [1.54, 1.807) is 6.92 Å². The summed E-state index contributed by atoms with van der Waals surface area (Å²) in [4.78, 5) is 10.5. The number of hydrogen-bond donors (Lipinski definition) is 1. The van der Waals surface area contributed by atoms with Gasteiger partial charge in [0.2, 0.25) is 0 Å². The Morgan fingerprint density at radius 3 is 2.50 bits per heavy atom. The summed E-state index contributed by atoms with van der Waals surface area (Å²) in [6.07, 6.45) is 3.24. The summed E-state index contributed by atoms with van der Waals surface area (Å²) in [5, 5.41) is 8.62. The van der Waals surface area contributed by atoms with E-state index in [2.05, 4.69) is 10.7 Å². The molecule has 0 bridgehead atoms. The number of ether oxygens (including phenoxy) is 1. The average Bonchev–Trinajstić information content (AvgIpc) is 1.87. The fourth-order valence-electron chi connectivity index (χ4n) is 0.307. The molecule has 0 amide bonds. The first-order valence-corrected chi connectivity index (χ1v) is 2.92. The maximum Gasteiger partial charge on any atom is 0.335 e. The van der Waals surface area contributed by atoms with Gasteiger partial charge in [-0.2, -0.15) is 0 Å². The smallest absolute Gasteiger partial charge is 0.335 e. The van der Waals surface area contributed by atoms with Gasteiger partial charge in [0.15, 0.2) is 6.10 Å². The highest BCUT2D eigenvalue weighted by Crippen LogP contribution is 1.92. The Balaban J connectivity index is 3.71. The second kappa shape index (κ2) is 3.91. The van der Waals surface area contributed by atoms with Crippen molar-refractivity contribution in [2.24, 2.45) is 0 Å². The fourth-order valence-corrected chi connectivity index (χ4v) is 0.307. The Morgan fingerprint density at radius 1 is 1.70 bits per heavy atom. The molecule has 0 saturated heterocycles. The summed E-state index contributed by atoms with van der Waals surface area (Å²) in [5.41, 5.74) is 0. The molecule has 3 heteroatoms. The Bertz CT molecular complexity index is 155. The predicted molar refractivity (Wildman–Crippen MR) is 36.1 cm³/mol. The van der Waals surface area contributed by atoms with E-state index in [0.717, 1.165) is 0 Å². The standard InChI is InChI=1S/C7H10O3/c1-4-5(2)10-7(9)6(3)8/h1,5-6,8H,2-3H3. The zero-order valence-electron chi connectivity index (χ0n) is 6.00. The molecule has 0 aromatic carbocycles. The van der Waals surface area contributed by atoms with Crippen LogP contribution in [0.25, 0.3) is 0 Å². The van der Waals surface area contributed by atoms with Crippen molar-refractivity contribution >= 4 is 5.97 Å². The lowest BCUT2D eigenvalue weighted by atomic mass is 10.4. The van der Waals surface area contributed by atoms with Gasteiger partial charge in [-0.3, -0.25) is 0 Å².